The molecule has 118 valence electrons. The Morgan fingerprint density at radius 3 is 2.59 bits per heavy atom. The van der Waals surface area contributed by atoms with Crippen molar-refractivity contribution in [2.24, 2.45) is 0 Å². The second kappa shape index (κ2) is 6.46. The van der Waals surface area contributed by atoms with Gasteiger partial charge in [-0.2, -0.15) is 0 Å². The van der Waals surface area contributed by atoms with Gasteiger partial charge in [-0.15, -0.1) is 0 Å². The summed E-state index contributed by atoms with van der Waals surface area (Å²) < 4.78 is 0. The van der Waals surface area contributed by atoms with Crippen molar-refractivity contribution in [3.05, 3.63) is 35.4 Å². The van der Waals surface area contributed by atoms with Crippen molar-refractivity contribution in [2.45, 2.75) is 32.0 Å². The van der Waals surface area contributed by atoms with E-state index in [1.807, 2.05) is 24.3 Å². The first-order chi connectivity index (χ1) is 10.4. The fourth-order valence-corrected chi connectivity index (χ4v) is 2.48. The SMILES string of the molecule is CC(NC(=O)O)C(=O)N[C@H]1Cc2ccccc2CN(C)C1=O. The number of hydrogen-bond donors (Lipinski definition) is 3. The van der Waals surface area contributed by atoms with Crippen LogP contribution in [0.15, 0.2) is 24.3 Å². The number of rotatable bonds is 3. The van der Waals surface area contributed by atoms with E-state index in [9.17, 15) is 14.4 Å². The van der Waals surface area contributed by atoms with Crippen LogP contribution >= 0.6 is 0 Å². The highest BCUT2D eigenvalue weighted by molar-refractivity contribution is 5.91. The predicted octanol–water partition coefficient (Wildman–Crippen LogP) is 0.342. The zero-order valence-corrected chi connectivity index (χ0v) is 12.5. The Kier molecular flexibility index (Phi) is 4.65. The molecule has 22 heavy (non-hydrogen) atoms. The number of hydrogen-bond acceptors (Lipinski definition) is 3. The van der Waals surface area contributed by atoms with Gasteiger partial charge in [-0.3, -0.25) is 9.59 Å². The highest BCUT2D eigenvalue weighted by Gasteiger charge is 2.30. The van der Waals surface area contributed by atoms with E-state index in [0.717, 1.165) is 11.1 Å². The molecule has 1 heterocycles. The van der Waals surface area contributed by atoms with E-state index in [2.05, 4.69) is 10.6 Å². The van der Waals surface area contributed by atoms with Gasteiger partial charge in [0.05, 0.1) is 0 Å². The van der Waals surface area contributed by atoms with Crippen molar-refractivity contribution in [3.63, 3.8) is 0 Å². The largest absolute Gasteiger partial charge is 0.465 e. The van der Waals surface area contributed by atoms with Crippen LogP contribution in [-0.2, 0) is 22.6 Å². The molecule has 0 radical (unpaired) electrons. The minimum Gasteiger partial charge on any atom is -0.465 e. The lowest BCUT2D eigenvalue weighted by molar-refractivity contribution is -0.135. The van der Waals surface area contributed by atoms with Crippen molar-refractivity contribution in [1.82, 2.24) is 15.5 Å². The van der Waals surface area contributed by atoms with Crippen LogP contribution in [-0.4, -0.2) is 47.0 Å². The van der Waals surface area contributed by atoms with Crippen molar-refractivity contribution < 1.29 is 19.5 Å². The van der Waals surface area contributed by atoms with Gasteiger partial charge in [0.15, 0.2) is 0 Å². The molecule has 0 bridgehead atoms. The molecule has 0 saturated heterocycles. The topological polar surface area (TPSA) is 98.7 Å². The molecule has 3 N–H and O–H groups in total. The lowest BCUT2D eigenvalue weighted by atomic mass is 10.0. The Morgan fingerprint density at radius 1 is 1.32 bits per heavy atom. The lowest BCUT2D eigenvalue weighted by Crippen LogP contribution is -2.52. The van der Waals surface area contributed by atoms with Gasteiger partial charge in [-0.25, -0.2) is 4.79 Å². The molecule has 3 amide bonds. The van der Waals surface area contributed by atoms with E-state index in [1.54, 1.807) is 11.9 Å². The van der Waals surface area contributed by atoms with Gasteiger partial charge in [0.1, 0.15) is 12.1 Å². The zero-order valence-electron chi connectivity index (χ0n) is 12.5. The molecule has 7 heteroatoms. The number of benzene rings is 1. The Hall–Kier alpha value is -2.57. The third kappa shape index (κ3) is 3.55. The molecule has 1 aliphatic heterocycles. The number of likely N-dealkylation sites (N-methyl/N-ethyl adjacent to an activating group) is 1. The van der Waals surface area contributed by atoms with Gasteiger partial charge < -0.3 is 20.6 Å². The molecule has 2 atom stereocenters. The first-order valence-electron chi connectivity index (χ1n) is 7.00. The monoisotopic (exact) mass is 305 g/mol. The van der Waals surface area contributed by atoms with E-state index in [0.29, 0.717) is 13.0 Å². The Balaban J connectivity index is 2.14. The molecule has 0 fully saturated rings. The summed E-state index contributed by atoms with van der Waals surface area (Å²) in [4.78, 5) is 36.5. The van der Waals surface area contributed by atoms with Gasteiger partial charge >= 0.3 is 6.09 Å². The van der Waals surface area contributed by atoms with E-state index in [4.69, 9.17) is 5.11 Å². The quantitative estimate of drug-likeness (QED) is 0.750. The van der Waals surface area contributed by atoms with E-state index < -0.39 is 24.1 Å². The summed E-state index contributed by atoms with van der Waals surface area (Å²) in [5.41, 5.74) is 2.05. The first-order valence-corrected chi connectivity index (χ1v) is 7.00. The van der Waals surface area contributed by atoms with Gasteiger partial charge in [-0.05, 0) is 18.1 Å². The maximum atomic E-state index is 12.4. The first kappa shape index (κ1) is 15.8. The molecule has 1 aromatic rings. The second-order valence-electron chi connectivity index (χ2n) is 5.40. The molecule has 1 unspecified atom stereocenters. The molecule has 7 nitrogen and oxygen atoms in total. The molecule has 1 aliphatic rings. The Labute approximate surface area is 128 Å². The van der Waals surface area contributed by atoms with E-state index in [-0.39, 0.29) is 5.91 Å². The summed E-state index contributed by atoms with van der Waals surface area (Å²) >= 11 is 0. The van der Waals surface area contributed by atoms with Gasteiger partial charge in [-0.1, -0.05) is 24.3 Å². The highest BCUT2D eigenvalue weighted by atomic mass is 16.4. The summed E-state index contributed by atoms with van der Waals surface area (Å²) in [6.07, 6.45) is -0.887. The van der Waals surface area contributed by atoms with Crippen molar-refractivity contribution in [3.8, 4) is 0 Å². The highest BCUT2D eigenvalue weighted by Crippen LogP contribution is 2.18. The number of fused-ring (bicyclic) bond motifs is 1. The van der Waals surface area contributed by atoms with Crippen LogP contribution in [0.5, 0.6) is 0 Å². The van der Waals surface area contributed by atoms with E-state index in [1.165, 1.54) is 6.92 Å². The number of carboxylic acid groups (broad SMARTS) is 1. The number of nitrogens with zero attached hydrogens (tertiary/aromatic N) is 1. The summed E-state index contributed by atoms with van der Waals surface area (Å²) in [7, 11) is 1.68. The predicted molar refractivity (Wildman–Crippen MR) is 79.2 cm³/mol. The average molecular weight is 305 g/mol. The minimum absolute atomic E-state index is 0.188. The number of nitrogens with one attached hydrogen (secondary N) is 2. The number of amides is 3. The molecular formula is C15H19N3O4. The summed E-state index contributed by atoms with van der Waals surface area (Å²) in [5.74, 6) is -0.708. The van der Waals surface area contributed by atoms with E-state index >= 15 is 0 Å². The maximum Gasteiger partial charge on any atom is 0.405 e. The van der Waals surface area contributed by atoms with Crippen molar-refractivity contribution in [1.29, 1.82) is 0 Å². The maximum absolute atomic E-state index is 12.4. The van der Waals surface area contributed by atoms with Crippen LogP contribution in [0.4, 0.5) is 4.79 Å². The van der Waals surface area contributed by atoms with Crippen LogP contribution in [0.25, 0.3) is 0 Å². The number of carbonyl (C=O) groups is 3. The number of carbonyl (C=O) groups excluding carboxylic acids is 2. The Morgan fingerprint density at radius 2 is 1.95 bits per heavy atom. The minimum atomic E-state index is -1.28. The summed E-state index contributed by atoms with van der Waals surface area (Å²) in [5, 5.41) is 13.3. The third-order valence-corrected chi connectivity index (χ3v) is 3.67. The summed E-state index contributed by atoms with van der Waals surface area (Å²) in [6.45, 7) is 1.92. The molecule has 0 spiro atoms. The fraction of sp³-hybridized carbons (Fsp3) is 0.400. The standard InChI is InChI=1S/C15H19N3O4/c1-9(16-15(21)22)13(19)17-12-7-10-5-3-4-6-11(10)8-18(2)14(12)20/h3-6,9,12,16H,7-8H2,1-2H3,(H,17,19)(H,21,22)/t9?,12-/m0/s1. The van der Waals surface area contributed by atoms with Crippen LogP contribution in [0.2, 0.25) is 0 Å². The average Bonchev–Trinajstić information content (AvgIpc) is 2.57. The van der Waals surface area contributed by atoms with Crippen LogP contribution in [0, 0.1) is 0 Å². The third-order valence-electron chi connectivity index (χ3n) is 3.67. The van der Waals surface area contributed by atoms with Gasteiger partial charge in [0.2, 0.25) is 11.8 Å². The zero-order chi connectivity index (χ0) is 16.3. The molecule has 0 saturated carbocycles. The molecule has 0 aromatic heterocycles. The normalized spacial score (nSPS) is 18.9. The molecular weight excluding hydrogens is 286 g/mol. The van der Waals surface area contributed by atoms with Gasteiger partial charge in [0.25, 0.3) is 0 Å². The van der Waals surface area contributed by atoms with Crippen LogP contribution < -0.4 is 10.6 Å². The van der Waals surface area contributed by atoms with Crippen molar-refractivity contribution >= 4 is 17.9 Å². The molecule has 2 rings (SSSR count). The summed E-state index contributed by atoms with van der Waals surface area (Å²) in [6, 6.07) is 6.07. The molecule has 1 aromatic carbocycles. The van der Waals surface area contributed by atoms with Gasteiger partial charge in [0, 0.05) is 20.0 Å². The van der Waals surface area contributed by atoms with Crippen LogP contribution in [0.1, 0.15) is 18.1 Å². The van der Waals surface area contributed by atoms with Crippen LogP contribution in [0.3, 0.4) is 0 Å². The second-order valence-corrected chi connectivity index (χ2v) is 5.40. The fourth-order valence-electron chi connectivity index (χ4n) is 2.48. The van der Waals surface area contributed by atoms with Crippen molar-refractivity contribution in [2.75, 3.05) is 7.05 Å². The smallest absolute Gasteiger partial charge is 0.405 e. The lowest BCUT2D eigenvalue weighted by Gasteiger charge is -2.22. The Bertz CT molecular complexity index is 602. The molecule has 0 aliphatic carbocycles.